The van der Waals surface area contributed by atoms with Crippen molar-refractivity contribution < 1.29 is 4.74 Å². The van der Waals surface area contributed by atoms with Gasteiger partial charge in [0.05, 0.1) is 12.4 Å². The van der Waals surface area contributed by atoms with Gasteiger partial charge in [-0.15, -0.1) is 0 Å². The number of nitrogens with zero attached hydrogens (tertiary/aromatic N) is 2. The highest BCUT2D eigenvalue weighted by atomic mass is 16.5. The summed E-state index contributed by atoms with van der Waals surface area (Å²) >= 11 is 0. The first-order valence-corrected chi connectivity index (χ1v) is 5.63. The lowest BCUT2D eigenvalue weighted by Crippen LogP contribution is -2.31. The van der Waals surface area contributed by atoms with Gasteiger partial charge in [-0.05, 0) is 19.1 Å². The number of methoxy groups -OCH3 is 1. The monoisotopic (exact) mass is 236 g/mol. The summed E-state index contributed by atoms with van der Waals surface area (Å²) in [6, 6.07) is 3.98. The third-order valence-corrected chi connectivity index (χ3v) is 2.46. The molecule has 1 heterocycles. The average molecular weight is 236 g/mol. The lowest BCUT2D eigenvalue weighted by molar-refractivity contribution is 0.205. The van der Waals surface area contributed by atoms with Crippen LogP contribution < -0.4 is 10.6 Å². The van der Waals surface area contributed by atoms with Gasteiger partial charge in [-0.1, -0.05) is 0 Å². The Balaban J connectivity index is 2.70. The Morgan fingerprint density at radius 2 is 2.29 bits per heavy atom. The number of rotatable bonds is 7. The summed E-state index contributed by atoms with van der Waals surface area (Å²) in [7, 11) is 1.68. The van der Waals surface area contributed by atoms with E-state index in [-0.39, 0.29) is 5.84 Å². The maximum absolute atomic E-state index is 7.28. The van der Waals surface area contributed by atoms with Crippen LogP contribution in [0.2, 0.25) is 0 Å². The largest absolute Gasteiger partial charge is 0.388 e. The first-order valence-electron chi connectivity index (χ1n) is 5.63. The van der Waals surface area contributed by atoms with Gasteiger partial charge in [0.25, 0.3) is 0 Å². The number of hydrogen-bond donors (Lipinski definition) is 2. The second kappa shape index (κ2) is 6.85. The van der Waals surface area contributed by atoms with Gasteiger partial charge in [0, 0.05) is 44.2 Å². The summed E-state index contributed by atoms with van der Waals surface area (Å²) in [4.78, 5) is 6.33. The summed E-state index contributed by atoms with van der Waals surface area (Å²) in [5.74, 6) is 0.207. The van der Waals surface area contributed by atoms with E-state index in [1.165, 1.54) is 0 Å². The van der Waals surface area contributed by atoms with Crippen LogP contribution in [0.1, 0.15) is 12.1 Å². The van der Waals surface area contributed by atoms with Crippen molar-refractivity contribution >= 4 is 11.5 Å². The predicted molar refractivity (Wildman–Crippen MR) is 69.6 cm³/mol. The Morgan fingerprint density at radius 3 is 2.88 bits per heavy atom. The molecule has 0 saturated carbocycles. The number of hydrogen-bond acceptors (Lipinski definition) is 4. The lowest BCUT2D eigenvalue weighted by Gasteiger charge is -2.24. The van der Waals surface area contributed by atoms with Crippen molar-refractivity contribution in [1.29, 1.82) is 5.41 Å². The Kier molecular flexibility index (Phi) is 5.42. The standard InChI is InChI=1S/C12H20N4O/c1-10-9-11(3-5-15-10)16(7-8-17-2)6-4-12(13)14/h3,5,9H,4,6-8H2,1-2H3,(H3,13,14). The van der Waals surface area contributed by atoms with E-state index in [9.17, 15) is 0 Å². The van der Waals surface area contributed by atoms with Gasteiger partial charge in [-0.2, -0.15) is 0 Å². The van der Waals surface area contributed by atoms with Crippen LogP contribution in [-0.2, 0) is 4.74 Å². The number of nitrogens with one attached hydrogen (secondary N) is 1. The molecule has 0 spiro atoms. The normalized spacial score (nSPS) is 10.2. The van der Waals surface area contributed by atoms with Crippen LogP contribution in [0.3, 0.4) is 0 Å². The van der Waals surface area contributed by atoms with Crippen LogP contribution in [0.5, 0.6) is 0 Å². The minimum absolute atomic E-state index is 0.207. The number of anilines is 1. The van der Waals surface area contributed by atoms with Gasteiger partial charge in [0.1, 0.15) is 0 Å². The fourth-order valence-electron chi connectivity index (χ4n) is 1.55. The molecule has 0 fully saturated rings. The quantitative estimate of drug-likeness (QED) is 0.550. The summed E-state index contributed by atoms with van der Waals surface area (Å²) in [6.07, 6.45) is 2.35. The topological polar surface area (TPSA) is 75.2 Å². The predicted octanol–water partition coefficient (Wildman–Crippen LogP) is 1.17. The third kappa shape index (κ3) is 4.82. The van der Waals surface area contributed by atoms with Crippen LogP contribution >= 0.6 is 0 Å². The molecule has 5 heteroatoms. The molecule has 0 aliphatic rings. The zero-order chi connectivity index (χ0) is 12.7. The van der Waals surface area contributed by atoms with Crippen molar-refractivity contribution in [3.8, 4) is 0 Å². The molecule has 0 aliphatic carbocycles. The summed E-state index contributed by atoms with van der Waals surface area (Å²) in [5.41, 5.74) is 7.46. The zero-order valence-corrected chi connectivity index (χ0v) is 10.4. The minimum Gasteiger partial charge on any atom is -0.388 e. The van der Waals surface area contributed by atoms with Gasteiger partial charge < -0.3 is 15.4 Å². The molecule has 5 nitrogen and oxygen atoms in total. The van der Waals surface area contributed by atoms with Crippen LogP contribution in [-0.4, -0.2) is 37.6 Å². The molecule has 0 bridgehead atoms. The molecule has 0 aliphatic heterocycles. The van der Waals surface area contributed by atoms with E-state index in [4.69, 9.17) is 15.9 Å². The van der Waals surface area contributed by atoms with Gasteiger partial charge >= 0.3 is 0 Å². The highest BCUT2D eigenvalue weighted by molar-refractivity contribution is 5.77. The van der Waals surface area contributed by atoms with Crippen molar-refractivity contribution in [2.75, 3.05) is 31.7 Å². The van der Waals surface area contributed by atoms with E-state index in [1.54, 1.807) is 13.3 Å². The maximum atomic E-state index is 7.28. The highest BCUT2D eigenvalue weighted by Crippen LogP contribution is 2.14. The number of aryl methyl sites for hydroxylation is 1. The Labute approximate surface area is 102 Å². The van der Waals surface area contributed by atoms with Crippen molar-refractivity contribution in [2.24, 2.45) is 5.73 Å². The second-order valence-corrected chi connectivity index (χ2v) is 3.91. The molecule has 1 aromatic heterocycles. The number of nitrogens with two attached hydrogens (primary N) is 1. The van der Waals surface area contributed by atoms with Gasteiger partial charge in [0.2, 0.25) is 0 Å². The highest BCUT2D eigenvalue weighted by Gasteiger charge is 2.07. The number of ether oxygens (including phenoxy) is 1. The number of pyridine rings is 1. The van der Waals surface area contributed by atoms with E-state index in [0.29, 0.717) is 13.0 Å². The molecule has 3 N–H and O–H groups in total. The van der Waals surface area contributed by atoms with Crippen LogP contribution in [0, 0.1) is 12.3 Å². The Bertz CT molecular complexity index is 367. The molecule has 0 amide bonds. The lowest BCUT2D eigenvalue weighted by atomic mass is 10.2. The van der Waals surface area contributed by atoms with Crippen molar-refractivity contribution in [2.45, 2.75) is 13.3 Å². The molecule has 17 heavy (non-hydrogen) atoms. The zero-order valence-electron chi connectivity index (χ0n) is 10.4. The Morgan fingerprint density at radius 1 is 1.53 bits per heavy atom. The van der Waals surface area contributed by atoms with Crippen LogP contribution in [0.15, 0.2) is 18.3 Å². The Hall–Kier alpha value is -1.62. The first-order chi connectivity index (χ1) is 8.13. The molecule has 0 unspecified atom stereocenters. The molecule has 0 atom stereocenters. The number of aromatic nitrogens is 1. The third-order valence-electron chi connectivity index (χ3n) is 2.46. The van der Waals surface area contributed by atoms with Gasteiger partial charge in [0.15, 0.2) is 0 Å². The molecule has 0 aromatic carbocycles. The van der Waals surface area contributed by atoms with E-state index in [0.717, 1.165) is 24.5 Å². The smallest absolute Gasteiger partial charge is 0.0923 e. The average Bonchev–Trinajstić information content (AvgIpc) is 2.29. The number of amidine groups is 1. The summed E-state index contributed by atoms with van der Waals surface area (Å²) < 4.78 is 5.09. The van der Waals surface area contributed by atoms with Crippen LogP contribution in [0.4, 0.5) is 5.69 Å². The van der Waals surface area contributed by atoms with Gasteiger partial charge in [-0.3, -0.25) is 10.4 Å². The molecule has 0 saturated heterocycles. The van der Waals surface area contributed by atoms with E-state index in [2.05, 4.69) is 9.88 Å². The second-order valence-electron chi connectivity index (χ2n) is 3.91. The summed E-state index contributed by atoms with van der Waals surface area (Å²) in [6.45, 7) is 4.12. The molecule has 94 valence electrons. The maximum Gasteiger partial charge on any atom is 0.0923 e. The summed E-state index contributed by atoms with van der Waals surface area (Å²) in [5, 5.41) is 7.28. The molecular formula is C12H20N4O. The first kappa shape index (κ1) is 13.4. The van der Waals surface area contributed by atoms with E-state index < -0.39 is 0 Å². The molecule has 0 radical (unpaired) electrons. The fraction of sp³-hybridized carbons (Fsp3) is 0.500. The SMILES string of the molecule is COCCN(CCC(=N)N)c1ccnc(C)c1. The van der Waals surface area contributed by atoms with E-state index >= 15 is 0 Å². The van der Waals surface area contributed by atoms with Gasteiger partial charge in [-0.25, -0.2) is 0 Å². The fourth-order valence-corrected chi connectivity index (χ4v) is 1.55. The van der Waals surface area contributed by atoms with Crippen molar-refractivity contribution in [3.05, 3.63) is 24.0 Å². The van der Waals surface area contributed by atoms with Crippen molar-refractivity contribution in [3.63, 3.8) is 0 Å². The minimum atomic E-state index is 0.207. The van der Waals surface area contributed by atoms with Crippen LogP contribution in [0.25, 0.3) is 0 Å². The van der Waals surface area contributed by atoms with Crippen molar-refractivity contribution in [1.82, 2.24) is 4.98 Å². The molecule has 1 rings (SSSR count). The molecule has 1 aromatic rings. The van der Waals surface area contributed by atoms with E-state index in [1.807, 2.05) is 19.1 Å². The molecular weight excluding hydrogens is 216 g/mol.